The van der Waals surface area contributed by atoms with Gasteiger partial charge in [-0.05, 0) is 38.0 Å². The number of sulfonamides is 1. The minimum atomic E-state index is -3.86. The summed E-state index contributed by atoms with van der Waals surface area (Å²) >= 11 is 0. The van der Waals surface area contributed by atoms with Crippen LogP contribution in [-0.2, 0) is 10.0 Å². The van der Waals surface area contributed by atoms with Crippen molar-refractivity contribution in [2.45, 2.75) is 43.2 Å². The highest BCUT2D eigenvalue weighted by molar-refractivity contribution is 7.89. The first-order chi connectivity index (χ1) is 11.8. The van der Waals surface area contributed by atoms with Crippen molar-refractivity contribution in [3.05, 3.63) is 40.6 Å². The van der Waals surface area contributed by atoms with Crippen molar-refractivity contribution in [1.29, 1.82) is 0 Å². The number of nitro groups is 1. The van der Waals surface area contributed by atoms with Crippen LogP contribution in [0.25, 0.3) is 10.9 Å². The van der Waals surface area contributed by atoms with Crippen LogP contribution in [0.1, 0.15) is 26.2 Å². The first-order valence-electron chi connectivity index (χ1n) is 8.13. The number of halogens is 1. The summed E-state index contributed by atoms with van der Waals surface area (Å²) in [6.07, 6.45) is 3.83. The molecule has 1 aliphatic rings. The molecule has 8 nitrogen and oxygen atoms in total. The standard InChI is InChI=1S/C16H20N4O4S.ClH/c1-11(17)13-6-2-3-10-19(13)25(23,24)15-8-7-14(20(21)22)12-5-4-9-18-16(12)15;/h4-5,7-9,11,13H,2-3,6,10,17H2,1H3;1H. The van der Waals surface area contributed by atoms with Crippen LogP contribution >= 0.6 is 12.4 Å². The van der Waals surface area contributed by atoms with Gasteiger partial charge in [0.25, 0.3) is 5.69 Å². The molecule has 142 valence electrons. The molecular formula is C16H21ClN4O4S. The van der Waals surface area contributed by atoms with E-state index in [1.807, 2.05) is 0 Å². The molecule has 2 aromatic rings. The number of aromatic nitrogens is 1. The van der Waals surface area contributed by atoms with Crippen LogP contribution in [0.2, 0.25) is 0 Å². The Morgan fingerprint density at radius 3 is 2.73 bits per heavy atom. The Hall–Kier alpha value is -1.81. The number of piperidine rings is 1. The van der Waals surface area contributed by atoms with Gasteiger partial charge in [0.05, 0.1) is 15.8 Å². The summed E-state index contributed by atoms with van der Waals surface area (Å²) in [6, 6.07) is 4.98. The number of hydrogen-bond donors (Lipinski definition) is 1. The van der Waals surface area contributed by atoms with Gasteiger partial charge in [-0.15, -0.1) is 12.4 Å². The van der Waals surface area contributed by atoms with Crippen LogP contribution in [0.5, 0.6) is 0 Å². The van der Waals surface area contributed by atoms with Crippen molar-refractivity contribution in [3.63, 3.8) is 0 Å². The Balaban J connectivity index is 0.00000243. The van der Waals surface area contributed by atoms with Crippen LogP contribution < -0.4 is 5.73 Å². The summed E-state index contributed by atoms with van der Waals surface area (Å²) in [5, 5.41) is 11.4. The topological polar surface area (TPSA) is 119 Å². The molecule has 2 atom stereocenters. The lowest BCUT2D eigenvalue weighted by atomic mass is 10.00. The molecule has 2 heterocycles. The second-order valence-corrected chi connectivity index (χ2v) is 8.14. The van der Waals surface area contributed by atoms with Gasteiger partial charge in [-0.3, -0.25) is 15.1 Å². The number of fused-ring (bicyclic) bond motifs is 1. The minimum absolute atomic E-state index is 0. The Morgan fingerprint density at radius 1 is 1.35 bits per heavy atom. The third-order valence-electron chi connectivity index (χ3n) is 4.60. The average molecular weight is 401 g/mol. The fourth-order valence-electron chi connectivity index (χ4n) is 3.38. The molecular weight excluding hydrogens is 380 g/mol. The number of nitrogens with two attached hydrogens (primary N) is 1. The highest BCUT2D eigenvalue weighted by Gasteiger charge is 2.37. The summed E-state index contributed by atoms with van der Waals surface area (Å²) in [4.78, 5) is 14.8. The number of rotatable bonds is 4. The first kappa shape index (κ1) is 20.5. The molecule has 2 unspecified atom stereocenters. The van der Waals surface area contributed by atoms with Crippen LogP contribution in [0, 0.1) is 10.1 Å². The van der Waals surface area contributed by atoms with E-state index in [4.69, 9.17) is 5.73 Å². The van der Waals surface area contributed by atoms with Gasteiger partial charge in [-0.2, -0.15) is 4.31 Å². The zero-order chi connectivity index (χ0) is 18.2. The summed E-state index contributed by atoms with van der Waals surface area (Å²) in [5.74, 6) is 0. The van der Waals surface area contributed by atoms with Crippen LogP contribution in [-0.4, -0.2) is 41.3 Å². The smallest absolute Gasteiger partial charge is 0.278 e. The first-order valence-corrected chi connectivity index (χ1v) is 9.57. The SMILES string of the molecule is CC(N)C1CCCCN1S(=O)(=O)c1ccc([N+](=O)[O-])c2cccnc12.Cl. The summed E-state index contributed by atoms with van der Waals surface area (Å²) in [7, 11) is -3.86. The predicted molar refractivity (Wildman–Crippen MR) is 101 cm³/mol. The van der Waals surface area contributed by atoms with Gasteiger partial charge < -0.3 is 5.73 Å². The number of nitrogens with zero attached hydrogens (tertiary/aromatic N) is 3. The second kappa shape index (κ2) is 7.83. The third kappa shape index (κ3) is 3.52. The lowest BCUT2D eigenvalue weighted by molar-refractivity contribution is -0.383. The van der Waals surface area contributed by atoms with Crippen molar-refractivity contribution in [3.8, 4) is 0 Å². The quantitative estimate of drug-likeness (QED) is 0.621. The predicted octanol–water partition coefficient (Wildman–Crippen LogP) is 2.46. The van der Waals surface area contributed by atoms with Crippen molar-refractivity contribution < 1.29 is 13.3 Å². The van der Waals surface area contributed by atoms with E-state index < -0.39 is 14.9 Å². The molecule has 1 fully saturated rings. The molecule has 10 heteroatoms. The molecule has 0 saturated carbocycles. The van der Waals surface area contributed by atoms with Crippen LogP contribution in [0.15, 0.2) is 35.4 Å². The van der Waals surface area contributed by atoms with Crippen LogP contribution in [0.3, 0.4) is 0 Å². The van der Waals surface area contributed by atoms with E-state index in [0.717, 1.165) is 12.8 Å². The second-order valence-electron chi connectivity index (χ2n) is 6.28. The molecule has 1 aromatic heterocycles. The van der Waals surface area contributed by atoms with E-state index in [-0.39, 0.29) is 46.0 Å². The molecule has 0 radical (unpaired) electrons. The van der Waals surface area contributed by atoms with E-state index in [1.54, 1.807) is 13.0 Å². The molecule has 0 bridgehead atoms. The number of nitro benzene ring substituents is 1. The zero-order valence-corrected chi connectivity index (χ0v) is 15.9. The van der Waals surface area contributed by atoms with Crippen molar-refractivity contribution in [2.75, 3.05) is 6.54 Å². The molecule has 3 rings (SSSR count). The fraction of sp³-hybridized carbons (Fsp3) is 0.438. The number of pyridine rings is 1. The van der Waals surface area contributed by atoms with Crippen molar-refractivity contribution >= 4 is 39.0 Å². The lowest BCUT2D eigenvalue weighted by Gasteiger charge is -2.36. The van der Waals surface area contributed by atoms with E-state index in [0.29, 0.717) is 13.0 Å². The Labute approximate surface area is 158 Å². The van der Waals surface area contributed by atoms with Crippen molar-refractivity contribution in [1.82, 2.24) is 9.29 Å². The molecule has 0 amide bonds. The molecule has 1 aromatic carbocycles. The van der Waals surface area contributed by atoms with E-state index in [9.17, 15) is 18.5 Å². The van der Waals surface area contributed by atoms with Gasteiger partial charge in [0.2, 0.25) is 10.0 Å². The van der Waals surface area contributed by atoms with E-state index >= 15 is 0 Å². The zero-order valence-electron chi connectivity index (χ0n) is 14.2. The highest BCUT2D eigenvalue weighted by Crippen LogP contribution is 2.33. The maximum atomic E-state index is 13.3. The summed E-state index contributed by atoms with van der Waals surface area (Å²) in [6.45, 7) is 2.19. The number of benzene rings is 1. The normalized spacial score (nSPS) is 19.7. The number of hydrogen-bond acceptors (Lipinski definition) is 6. The fourth-order valence-corrected chi connectivity index (χ4v) is 5.30. The van der Waals surface area contributed by atoms with Gasteiger partial charge in [0.15, 0.2) is 0 Å². The molecule has 1 aliphatic heterocycles. The maximum Gasteiger partial charge on any atom is 0.278 e. The molecule has 2 N–H and O–H groups in total. The van der Waals surface area contributed by atoms with Gasteiger partial charge in [0, 0.05) is 30.9 Å². The van der Waals surface area contributed by atoms with Crippen molar-refractivity contribution in [2.24, 2.45) is 5.73 Å². The van der Waals surface area contributed by atoms with E-state index in [2.05, 4.69) is 4.98 Å². The molecule has 26 heavy (non-hydrogen) atoms. The Bertz CT molecular complexity index is 920. The Kier molecular flexibility index (Phi) is 6.17. The maximum absolute atomic E-state index is 13.3. The third-order valence-corrected chi connectivity index (χ3v) is 6.55. The lowest BCUT2D eigenvalue weighted by Crippen LogP contribution is -2.51. The molecule has 1 saturated heterocycles. The summed E-state index contributed by atoms with van der Waals surface area (Å²) < 4.78 is 27.9. The number of non-ortho nitro benzene ring substituents is 1. The largest absolute Gasteiger partial charge is 0.326 e. The summed E-state index contributed by atoms with van der Waals surface area (Å²) in [5.41, 5.74) is 5.95. The van der Waals surface area contributed by atoms with Crippen LogP contribution in [0.4, 0.5) is 5.69 Å². The minimum Gasteiger partial charge on any atom is -0.326 e. The molecule has 0 spiro atoms. The van der Waals surface area contributed by atoms with Gasteiger partial charge in [-0.25, -0.2) is 8.42 Å². The molecule has 0 aliphatic carbocycles. The highest BCUT2D eigenvalue weighted by atomic mass is 35.5. The van der Waals surface area contributed by atoms with Gasteiger partial charge in [-0.1, -0.05) is 6.42 Å². The monoisotopic (exact) mass is 400 g/mol. The van der Waals surface area contributed by atoms with Gasteiger partial charge >= 0.3 is 0 Å². The van der Waals surface area contributed by atoms with Gasteiger partial charge in [0.1, 0.15) is 4.90 Å². The average Bonchev–Trinajstić information content (AvgIpc) is 2.60. The van der Waals surface area contributed by atoms with E-state index in [1.165, 1.54) is 28.7 Å². The Morgan fingerprint density at radius 2 is 2.08 bits per heavy atom.